The SMILES string of the molecule is [2H]C([2H])([2H])C(c1cc(C(C)(C)C)cc(Br)c1O)(C([2H])([2H])[2H])C([2H])([2H])[2H]. The van der Waals surface area contributed by atoms with Gasteiger partial charge >= 0.3 is 0 Å². The van der Waals surface area contributed by atoms with Crippen LogP contribution < -0.4 is 0 Å². The third kappa shape index (κ3) is 2.79. The lowest BCUT2D eigenvalue weighted by atomic mass is 9.80. The van der Waals surface area contributed by atoms with Gasteiger partial charge in [0, 0.05) is 17.9 Å². The van der Waals surface area contributed by atoms with E-state index in [1.807, 2.05) is 0 Å². The highest BCUT2D eigenvalue weighted by Gasteiger charge is 2.24. The Morgan fingerprint density at radius 2 is 1.69 bits per heavy atom. The zero-order valence-corrected chi connectivity index (χ0v) is 11.1. The Hall–Kier alpha value is -0.500. The molecule has 1 N–H and O–H groups in total. The minimum Gasteiger partial charge on any atom is -0.506 e. The Morgan fingerprint density at radius 3 is 2.12 bits per heavy atom. The molecule has 1 rings (SSSR count). The standard InChI is InChI=1S/C14H21BrO/c1-13(2,3)9-7-10(14(4,5)6)12(16)11(15)8-9/h7-8,16H,1-6H3/i4D3,5D3,6D3. The van der Waals surface area contributed by atoms with Crippen LogP contribution in [0.1, 0.15) is 64.8 Å². The summed E-state index contributed by atoms with van der Waals surface area (Å²) in [6, 6.07) is 2.69. The van der Waals surface area contributed by atoms with E-state index in [0.29, 0.717) is 5.56 Å². The summed E-state index contributed by atoms with van der Waals surface area (Å²) in [6.07, 6.45) is 0. The molecule has 0 aromatic heterocycles. The fourth-order valence-electron chi connectivity index (χ4n) is 1.32. The van der Waals surface area contributed by atoms with Gasteiger partial charge in [0.05, 0.1) is 4.47 Å². The van der Waals surface area contributed by atoms with Crippen LogP contribution in [-0.4, -0.2) is 5.11 Å². The minimum absolute atomic E-state index is 0.0389. The van der Waals surface area contributed by atoms with Crippen LogP contribution in [0.3, 0.4) is 0 Å². The maximum atomic E-state index is 10.4. The number of rotatable bonds is 0. The van der Waals surface area contributed by atoms with E-state index in [-0.39, 0.29) is 4.47 Å². The van der Waals surface area contributed by atoms with Gasteiger partial charge < -0.3 is 5.11 Å². The molecule has 1 nitrogen and oxygen atoms in total. The molecule has 0 unspecified atom stereocenters. The van der Waals surface area contributed by atoms with Crippen molar-refractivity contribution in [2.24, 2.45) is 0 Å². The highest BCUT2D eigenvalue weighted by atomic mass is 79.9. The lowest BCUT2D eigenvalue weighted by molar-refractivity contribution is 0.441. The van der Waals surface area contributed by atoms with Gasteiger partial charge in [-0.15, -0.1) is 0 Å². The molecule has 0 aliphatic carbocycles. The van der Waals surface area contributed by atoms with Gasteiger partial charge in [-0.25, -0.2) is 0 Å². The van der Waals surface area contributed by atoms with Crippen LogP contribution in [0.15, 0.2) is 16.6 Å². The number of aromatic hydroxyl groups is 1. The first-order valence-corrected chi connectivity index (χ1v) is 5.61. The number of phenols is 1. The van der Waals surface area contributed by atoms with Crippen LogP contribution in [-0.2, 0) is 10.8 Å². The largest absolute Gasteiger partial charge is 0.506 e. The predicted molar refractivity (Wildman–Crippen MR) is 73.2 cm³/mol. The Kier molecular flexibility index (Phi) is 1.38. The third-order valence-electron chi connectivity index (χ3n) is 2.33. The molecule has 0 saturated heterocycles. The Bertz CT molecular complexity index is 614. The number of halogens is 1. The maximum absolute atomic E-state index is 10.4. The molecule has 1 aromatic carbocycles. The topological polar surface area (TPSA) is 20.2 Å². The monoisotopic (exact) mass is 293 g/mol. The number of hydrogen-bond acceptors (Lipinski definition) is 1. The van der Waals surface area contributed by atoms with Crippen LogP contribution in [0.2, 0.25) is 0 Å². The van der Waals surface area contributed by atoms with Crippen molar-refractivity contribution in [1.29, 1.82) is 0 Å². The zero-order chi connectivity index (χ0) is 20.2. The van der Waals surface area contributed by atoms with Crippen molar-refractivity contribution in [2.75, 3.05) is 0 Å². The summed E-state index contributed by atoms with van der Waals surface area (Å²) in [5, 5.41) is 10.4. The third-order valence-corrected chi connectivity index (χ3v) is 2.94. The molecule has 16 heavy (non-hydrogen) atoms. The summed E-state index contributed by atoms with van der Waals surface area (Å²) in [4.78, 5) is 0. The van der Waals surface area contributed by atoms with Crippen molar-refractivity contribution in [3.8, 4) is 5.75 Å². The van der Waals surface area contributed by atoms with Gasteiger partial charge in [0.15, 0.2) is 0 Å². The molecule has 1 aromatic rings. The molecule has 0 aliphatic rings. The van der Waals surface area contributed by atoms with Gasteiger partial charge in [0.25, 0.3) is 0 Å². The van der Waals surface area contributed by atoms with Crippen molar-refractivity contribution >= 4 is 15.9 Å². The Morgan fingerprint density at radius 1 is 1.12 bits per heavy atom. The van der Waals surface area contributed by atoms with E-state index in [1.165, 1.54) is 12.1 Å². The van der Waals surface area contributed by atoms with Crippen molar-refractivity contribution in [3.63, 3.8) is 0 Å². The minimum atomic E-state index is -3.42. The summed E-state index contributed by atoms with van der Waals surface area (Å²) >= 11 is 3.08. The number of benzene rings is 1. The van der Waals surface area contributed by atoms with Crippen LogP contribution in [0.5, 0.6) is 5.75 Å². The second-order valence-corrected chi connectivity index (χ2v) is 5.71. The van der Waals surface area contributed by atoms with Gasteiger partial charge in [0.1, 0.15) is 5.75 Å². The van der Waals surface area contributed by atoms with E-state index in [0.717, 1.165) is 0 Å². The van der Waals surface area contributed by atoms with E-state index in [4.69, 9.17) is 12.3 Å². The van der Waals surface area contributed by atoms with Gasteiger partial charge in [-0.05, 0) is 38.4 Å². The van der Waals surface area contributed by atoms with Crippen LogP contribution >= 0.6 is 15.9 Å². The molecule has 0 heterocycles. The van der Waals surface area contributed by atoms with Crippen LogP contribution in [0.4, 0.5) is 0 Å². The first kappa shape index (κ1) is 5.43. The van der Waals surface area contributed by atoms with Gasteiger partial charge in [-0.1, -0.05) is 47.4 Å². The smallest absolute Gasteiger partial charge is 0.133 e. The van der Waals surface area contributed by atoms with Crippen molar-refractivity contribution in [1.82, 2.24) is 0 Å². The van der Waals surface area contributed by atoms with E-state index >= 15 is 0 Å². The van der Waals surface area contributed by atoms with Crippen molar-refractivity contribution < 1.29 is 17.4 Å². The van der Waals surface area contributed by atoms with E-state index < -0.39 is 42.7 Å². The van der Waals surface area contributed by atoms with E-state index in [2.05, 4.69) is 15.9 Å². The Balaban J connectivity index is 4.14. The predicted octanol–water partition coefficient (Wildman–Crippen LogP) is 4.75. The molecule has 0 fully saturated rings. The maximum Gasteiger partial charge on any atom is 0.133 e. The van der Waals surface area contributed by atoms with E-state index in [1.54, 1.807) is 20.8 Å². The molecule has 0 spiro atoms. The van der Waals surface area contributed by atoms with Gasteiger partial charge in [-0.2, -0.15) is 0 Å². The summed E-state index contributed by atoms with van der Waals surface area (Å²) in [6.45, 7) is -4.85. The first-order valence-electron chi connectivity index (χ1n) is 9.32. The molecule has 0 radical (unpaired) electrons. The zero-order valence-electron chi connectivity index (χ0n) is 18.5. The number of phenolic OH excluding ortho intramolecular Hbond substituents is 1. The molecular formula is C14H21BrO. The molecule has 0 aliphatic heterocycles. The molecule has 0 bridgehead atoms. The lowest BCUT2D eigenvalue weighted by Gasteiger charge is -2.26. The highest BCUT2D eigenvalue weighted by Crippen LogP contribution is 2.39. The molecule has 0 saturated carbocycles. The fourth-order valence-corrected chi connectivity index (χ4v) is 1.78. The summed E-state index contributed by atoms with van der Waals surface area (Å²) in [5.41, 5.74) is -3.91. The van der Waals surface area contributed by atoms with Gasteiger partial charge in [-0.3, -0.25) is 0 Å². The quantitative estimate of drug-likeness (QED) is 0.732. The average Bonchev–Trinajstić information content (AvgIpc) is 2.27. The van der Waals surface area contributed by atoms with Crippen LogP contribution in [0, 0.1) is 0 Å². The average molecular weight is 294 g/mol. The normalized spacial score (nSPS) is 23.6. The lowest BCUT2D eigenvalue weighted by Crippen LogP contribution is -2.16. The first-order chi connectivity index (χ1) is 10.8. The summed E-state index contributed by atoms with van der Waals surface area (Å²) < 4.78 is 69.9. The van der Waals surface area contributed by atoms with Crippen molar-refractivity contribution in [2.45, 2.75) is 52.2 Å². The molecule has 0 amide bonds. The molecule has 2 heteroatoms. The summed E-state index contributed by atoms with van der Waals surface area (Å²) in [7, 11) is 0. The van der Waals surface area contributed by atoms with Gasteiger partial charge in [0.2, 0.25) is 0 Å². The highest BCUT2D eigenvalue weighted by molar-refractivity contribution is 9.10. The van der Waals surface area contributed by atoms with Crippen molar-refractivity contribution in [3.05, 3.63) is 27.7 Å². The molecule has 90 valence electrons. The number of hydrogen-bond donors (Lipinski definition) is 1. The second-order valence-electron chi connectivity index (χ2n) is 4.85. The molecular weight excluding hydrogens is 264 g/mol. The van der Waals surface area contributed by atoms with E-state index in [9.17, 15) is 5.11 Å². The van der Waals surface area contributed by atoms with Crippen LogP contribution in [0.25, 0.3) is 0 Å². The fraction of sp³-hybridized carbons (Fsp3) is 0.571. The summed E-state index contributed by atoms with van der Waals surface area (Å²) in [5.74, 6) is -0.698. The second kappa shape index (κ2) is 4.06. The molecule has 0 atom stereocenters. The Labute approximate surface area is 120 Å².